The first-order chi connectivity index (χ1) is 13.2. The molecular formula is C24H31N3. The molecule has 27 heavy (non-hydrogen) atoms. The van der Waals surface area contributed by atoms with E-state index in [1.54, 1.807) is 0 Å². The minimum atomic E-state index is 0.617. The van der Waals surface area contributed by atoms with Crippen molar-refractivity contribution in [2.45, 2.75) is 71.1 Å². The van der Waals surface area contributed by atoms with Crippen molar-refractivity contribution in [1.29, 1.82) is 5.26 Å². The Labute approximate surface area is 163 Å². The first kappa shape index (κ1) is 19.5. The van der Waals surface area contributed by atoms with Gasteiger partial charge in [-0.3, -0.25) is 0 Å². The van der Waals surface area contributed by atoms with Crippen LogP contribution in [0.15, 0.2) is 36.7 Å². The second-order valence-corrected chi connectivity index (χ2v) is 8.19. The Morgan fingerprint density at radius 2 is 1.74 bits per heavy atom. The largest absolute Gasteiger partial charge is 0.236 e. The molecule has 1 aliphatic rings. The lowest BCUT2D eigenvalue weighted by molar-refractivity contribution is 0.295. The van der Waals surface area contributed by atoms with Crippen LogP contribution >= 0.6 is 0 Å². The van der Waals surface area contributed by atoms with Crippen molar-refractivity contribution < 1.29 is 0 Å². The summed E-state index contributed by atoms with van der Waals surface area (Å²) in [7, 11) is 0. The lowest BCUT2D eigenvalue weighted by Gasteiger charge is -2.28. The number of hydrogen-bond acceptors (Lipinski definition) is 3. The number of nitrogens with zero attached hydrogens (tertiary/aromatic N) is 3. The van der Waals surface area contributed by atoms with Gasteiger partial charge in [-0.05, 0) is 73.3 Å². The fourth-order valence-electron chi connectivity index (χ4n) is 4.14. The highest BCUT2D eigenvalue weighted by Crippen LogP contribution is 2.37. The van der Waals surface area contributed by atoms with Gasteiger partial charge in [0.1, 0.15) is 0 Å². The van der Waals surface area contributed by atoms with Crippen molar-refractivity contribution in [3.8, 4) is 17.5 Å². The average molecular weight is 362 g/mol. The standard InChI is InChI=1S/C24H31N3/c1-3-18(2)5-4-6-19-7-11-21(12-8-19)23-16-26-24(27-17-23)22-13-9-20(15-25)10-14-22/h9-10,13-14,16-19,21H,3-8,11-12H2,1-2H3/t18?,19-,21-. The third-order valence-electron chi connectivity index (χ3n) is 6.27. The first-order valence-corrected chi connectivity index (χ1v) is 10.5. The molecule has 142 valence electrons. The molecule has 0 bridgehead atoms. The molecule has 3 heteroatoms. The van der Waals surface area contributed by atoms with Gasteiger partial charge >= 0.3 is 0 Å². The van der Waals surface area contributed by atoms with Crippen LogP contribution in [0.25, 0.3) is 11.4 Å². The number of rotatable bonds is 7. The molecule has 3 rings (SSSR count). The number of aromatic nitrogens is 2. The van der Waals surface area contributed by atoms with Crippen LogP contribution in [0.3, 0.4) is 0 Å². The van der Waals surface area contributed by atoms with Crippen molar-refractivity contribution >= 4 is 0 Å². The summed E-state index contributed by atoms with van der Waals surface area (Å²) in [5.74, 6) is 3.16. The summed E-state index contributed by atoms with van der Waals surface area (Å²) in [6.45, 7) is 4.67. The normalized spacial score (nSPS) is 20.8. The van der Waals surface area contributed by atoms with Crippen molar-refractivity contribution in [2.24, 2.45) is 11.8 Å². The monoisotopic (exact) mass is 361 g/mol. The van der Waals surface area contributed by atoms with Gasteiger partial charge in [-0.1, -0.05) is 39.5 Å². The van der Waals surface area contributed by atoms with Gasteiger partial charge in [-0.25, -0.2) is 9.97 Å². The predicted molar refractivity (Wildman–Crippen MR) is 110 cm³/mol. The van der Waals surface area contributed by atoms with Crippen molar-refractivity contribution in [1.82, 2.24) is 9.97 Å². The first-order valence-electron chi connectivity index (χ1n) is 10.5. The topological polar surface area (TPSA) is 49.6 Å². The zero-order valence-corrected chi connectivity index (χ0v) is 16.7. The maximum absolute atomic E-state index is 8.90. The van der Waals surface area contributed by atoms with Gasteiger partial charge in [0.2, 0.25) is 0 Å². The van der Waals surface area contributed by atoms with E-state index in [9.17, 15) is 0 Å². The highest BCUT2D eigenvalue weighted by molar-refractivity contribution is 5.56. The van der Waals surface area contributed by atoms with E-state index in [0.29, 0.717) is 11.5 Å². The van der Waals surface area contributed by atoms with Crippen LogP contribution in [-0.2, 0) is 0 Å². The molecule has 0 N–H and O–H groups in total. The Morgan fingerprint density at radius 3 is 2.33 bits per heavy atom. The van der Waals surface area contributed by atoms with Gasteiger partial charge in [-0.15, -0.1) is 0 Å². The molecule has 1 fully saturated rings. The maximum atomic E-state index is 8.90. The van der Waals surface area contributed by atoms with Crippen LogP contribution in [0.1, 0.15) is 82.3 Å². The number of hydrogen-bond donors (Lipinski definition) is 0. The fourth-order valence-corrected chi connectivity index (χ4v) is 4.14. The third kappa shape index (κ3) is 5.39. The van der Waals surface area contributed by atoms with Gasteiger partial charge in [-0.2, -0.15) is 5.26 Å². The SMILES string of the molecule is CCC(C)CCC[C@H]1CC[C@H](c2cnc(-c3ccc(C#N)cc3)nc2)CC1. The second kappa shape index (κ2) is 9.65. The molecule has 0 radical (unpaired) electrons. The number of nitriles is 1. The van der Waals surface area contributed by atoms with E-state index in [4.69, 9.17) is 5.26 Å². The fraction of sp³-hybridized carbons (Fsp3) is 0.542. The lowest BCUT2D eigenvalue weighted by atomic mass is 9.77. The summed E-state index contributed by atoms with van der Waals surface area (Å²) in [6.07, 6.45) is 14.8. The maximum Gasteiger partial charge on any atom is 0.159 e. The van der Waals surface area contributed by atoms with E-state index in [2.05, 4.69) is 29.9 Å². The zero-order valence-electron chi connectivity index (χ0n) is 16.7. The summed E-state index contributed by atoms with van der Waals surface area (Å²) in [5.41, 5.74) is 2.91. The second-order valence-electron chi connectivity index (χ2n) is 8.19. The molecule has 1 saturated carbocycles. The highest BCUT2D eigenvalue weighted by Gasteiger charge is 2.22. The minimum absolute atomic E-state index is 0.617. The van der Waals surface area contributed by atoms with Gasteiger partial charge in [0, 0.05) is 18.0 Å². The predicted octanol–water partition coefficient (Wildman–Crippen LogP) is 6.51. The van der Waals surface area contributed by atoms with Gasteiger partial charge < -0.3 is 0 Å². The van der Waals surface area contributed by atoms with Crippen LogP contribution in [0.5, 0.6) is 0 Å². The summed E-state index contributed by atoms with van der Waals surface area (Å²) in [4.78, 5) is 9.17. The Bertz CT molecular complexity index is 735. The highest BCUT2D eigenvalue weighted by atomic mass is 14.9. The molecule has 2 aromatic rings. The summed E-state index contributed by atoms with van der Waals surface area (Å²) in [5, 5.41) is 8.90. The van der Waals surface area contributed by atoms with E-state index >= 15 is 0 Å². The molecule has 0 amide bonds. The third-order valence-corrected chi connectivity index (χ3v) is 6.27. The average Bonchev–Trinajstić information content (AvgIpc) is 2.74. The summed E-state index contributed by atoms with van der Waals surface area (Å²) in [6, 6.07) is 9.60. The molecular weight excluding hydrogens is 330 g/mol. The van der Waals surface area contributed by atoms with Crippen molar-refractivity contribution in [3.05, 3.63) is 47.8 Å². The molecule has 3 nitrogen and oxygen atoms in total. The molecule has 0 aliphatic heterocycles. The van der Waals surface area contributed by atoms with Crippen molar-refractivity contribution in [3.63, 3.8) is 0 Å². The molecule has 1 aromatic heterocycles. The van der Waals surface area contributed by atoms with Gasteiger partial charge in [0.25, 0.3) is 0 Å². The van der Waals surface area contributed by atoms with Crippen molar-refractivity contribution in [2.75, 3.05) is 0 Å². The Morgan fingerprint density at radius 1 is 1.07 bits per heavy atom. The molecule has 0 spiro atoms. The minimum Gasteiger partial charge on any atom is -0.236 e. The van der Waals surface area contributed by atoms with E-state index in [-0.39, 0.29) is 0 Å². The van der Waals surface area contributed by atoms with Crippen LogP contribution < -0.4 is 0 Å². The summed E-state index contributed by atoms with van der Waals surface area (Å²) >= 11 is 0. The van der Waals surface area contributed by atoms with Gasteiger partial charge in [0.05, 0.1) is 11.6 Å². The summed E-state index contributed by atoms with van der Waals surface area (Å²) < 4.78 is 0. The molecule has 1 unspecified atom stereocenters. The zero-order chi connectivity index (χ0) is 19.1. The van der Waals surface area contributed by atoms with E-state index in [1.165, 1.54) is 56.9 Å². The van der Waals surface area contributed by atoms with Crippen LogP contribution in [0, 0.1) is 23.2 Å². The smallest absolute Gasteiger partial charge is 0.159 e. The van der Waals surface area contributed by atoms with E-state index in [0.717, 1.165) is 23.2 Å². The van der Waals surface area contributed by atoms with Crippen LogP contribution in [0.2, 0.25) is 0 Å². The molecule has 1 aliphatic carbocycles. The van der Waals surface area contributed by atoms with Gasteiger partial charge in [0.15, 0.2) is 5.82 Å². The van der Waals surface area contributed by atoms with Crippen LogP contribution in [0.4, 0.5) is 0 Å². The molecule has 1 atom stereocenters. The Hall–Kier alpha value is -2.21. The molecule has 1 heterocycles. The quantitative estimate of drug-likeness (QED) is 0.565. The van der Waals surface area contributed by atoms with Crippen LogP contribution in [-0.4, -0.2) is 9.97 Å². The Kier molecular flexibility index (Phi) is 6.98. The Balaban J connectivity index is 1.50. The lowest BCUT2D eigenvalue weighted by Crippen LogP contribution is -2.14. The molecule has 0 saturated heterocycles. The van der Waals surface area contributed by atoms with E-state index in [1.807, 2.05) is 36.7 Å². The number of benzene rings is 1. The van der Waals surface area contributed by atoms with E-state index < -0.39 is 0 Å². The molecule has 1 aromatic carbocycles.